The molecular formula is C27H26N4O4S. The van der Waals surface area contributed by atoms with E-state index < -0.39 is 18.0 Å². The summed E-state index contributed by atoms with van der Waals surface area (Å²) >= 11 is 1.23. The van der Waals surface area contributed by atoms with Gasteiger partial charge < -0.3 is 16.0 Å². The van der Waals surface area contributed by atoms with Gasteiger partial charge in [0.15, 0.2) is 0 Å². The van der Waals surface area contributed by atoms with E-state index in [9.17, 15) is 14.4 Å². The third kappa shape index (κ3) is 6.68. The van der Waals surface area contributed by atoms with E-state index in [0.717, 1.165) is 21.2 Å². The molecule has 3 aromatic carbocycles. The Labute approximate surface area is 212 Å². The fourth-order valence-electron chi connectivity index (χ4n) is 3.75. The van der Waals surface area contributed by atoms with Crippen LogP contribution in [-0.4, -0.2) is 35.6 Å². The van der Waals surface area contributed by atoms with Crippen molar-refractivity contribution < 1.29 is 19.6 Å². The minimum Gasteiger partial charge on any atom is -0.338 e. The minimum atomic E-state index is -0.807. The smallest absolute Gasteiger partial charge is 0.315 e. The fraction of sp³-hybridized carbons (Fsp3) is 0.148. The number of rotatable bonds is 9. The number of nitrogens with one attached hydrogen (secondary N) is 4. The van der Waals surface area contributed by atoms with Crippen LogP contribution in [0.2, 0.25) is 0 Å². The average Bonchev–Trinajstić information content (AvgIpc) is 3.32. The first-order valence-corrected chi connectivity index (χ1v) is 12.2. The second-order valence-electron chi connectivity index (χ2n) is 8.17. The monoisotopic (exact) mass is 502 g/mol. The van der Waals surface area contributed by atoms with Crippen LogP contribution in [0.5, 0.6) is 0 Å². The van der Waals surface area contributed by atoms with Crippen molar-refractivity contribution in [2.24, 2.45) is 0 Å². The lowest BCUT2D eigenvalue weighted by Crippen LogP contribution is -2.49. The van der Waals surface area contributed by atoms with Gasteiger partial charge in [0.1, 0.15) is 6.04 Å². The fourth-order valence-corrected chi connectivity index (χ4v) is 4.68. The number of hydrogen-bond acceptors (Lipinski definition) is 5. The van der Waals surface area contributed by atoms with Crippen molar-refractivity contribution >= 4 is 45.0 Å². The summed E-state index contributed by atoms with van der Waals surface area (Å²) in [4.78, 5) is 37.9. The molecule has 0 saturated heterocycles. The van der Waals surface area contributed by atoms with E-state index in [1.807, 2.05) is 60.7 Å². The third-order valence-corrected chi connectivity index (χ3v) is 6.67. The Hall–Kier alpha value is -4.21. The topological polar surface area (TPSA) is 120 Å². The summed E-state index contributed by atoms with van der Waals surface area (Å²) in [6.07, 6.45) is 1.00. The van der Waals surface area contributed by atoms with Gasteiger partial charge in [-0.15, -0.1) is 11.3 Å². The molecule has 4 rings (SSSR count). The van der Waals surface area contributed by atoms with Crippen molar-refractivity contribution in [1.29, 1.82) is 0 Å². The molecule has 4 amide bonds. The van der Waals surface area contributed by atoms with E-state index in [4.69, 9.17) is 5.21 Å². The van der Waals surface area contributed by atoms with Gasteiger partial charge in [-0.2, -0.15) is 0 Å². The summed E-state index contributed by atoms with van der Waals surface area (Å²) in [6.45, 7) is 0.439. The van der Waals surface area contributed by atoms with E-state index in [1.165, 1.54) is 11.3 Å². The molecule has 36 heavy (non-hydrogen) atoms. The molecule has 9 heteroatoms. The summed E-state index contributed by atoms with van der Waals surface area (Å²) < 4.78 is 0.836. The van der Waals surface area contributed by atoms with Crippen LogP contribution in [0.3, 0.4) is 0 Å². The molecule has 4 aromatic rings. The standard InChI is InChI=1S/C27H26N4O4S/c32-25(29-21-11-12-23-20(16-21)17-24(36-23)26(33)31-35)22(15-19-9-5-2-6-10-19)30-27(34)28-14-13-18-7-3-1-4-8-18/h1-12,16-17,22,35H,13-15H2,(H,29,32)(H,31,33)(H2,28,30,34). The number of benzene rings is 3. The van der Waals surface area contributed by atoms with Crippen LogP contribution >= 0.6 is 11.3 Å². The zero-order valence-corrected chi connectivity index (χ0v) is 20.2. The van der Waals surface area contributed by atoms with Gasteiger partial charge in [0.25, 0.3) is 5.91 Å². The number of amides is 4. The van der Waals surface area contributed by atoms with Crippen LogP contribution in [-0.2, 0) is 17.6 Å². The second kappa shape index (κ2) is 12.0. The Morgan fingerprint density at radius 1 is 0.861 bits per heavy atom. The number of hydroxylamine groups is 1. The van der Waals surface area contributed by atoms with Gasteiger partial charge in [-0.3, -0.25) is 14.8 Å². The van der Waals surface area contributed by atoms with Crippen LogP contribution in [0.25, 0.3) is 10.1 Å². The van der Waals surface area contributed by atoms with Crippen molar-refractivity contribution in [2.75, 3.05) is 11.9 Å². The highest BCUT2D eigenvalue weighted by atomic mass is 32.1. The lowest BCUT2D eigenvalue weighted by Gasteiger charge is -2.19. The SMILES string of the molecule is O=C(NCCc1ccccc1)NC(Cc1ccccc1)C(=O)Nc1ccc2sc(C(=O)NO)cc2c1. The van der Waals surface area contributed by atoms with Crippen LogP contribution in [0, 0.1) is 0 Å². The second-order valence-corrected chi connectivity index (χ2v) is 9.26. The molecule has 0 aliphatic heterocycles. The van der Waals surface area contributed by atoms with Crippen LogP contribution < -0.4 is 21.4 Å². The maximum Gasteiger partial charge on any atom is 0.315 e. The van der Waals surface area contributed by atoms with Gasteiger partial charge in [-0.25, -0.2) is 10.3 Å². The van der Waals surface area contributed by atoms with Gasteiger partial charge in [0.2, 0.25) is 5.91 Å². The zero-order valence-electron chi connectivity index (χ0n) is 19.4. The molecule has 0 fully saturated rings. The van der Waals surface area contributed by atoms with Gasteiger partial charge in [-0.05, 0) is 47.2 Å². The van der Waals surface area contributed by atoms with Crippen molar-refractivity contribution in [2.45, 2.75) is 18.9 Å². The highest BCUT2D eigenvalue weighted by Gasteiger charge is 2.22. The predicted molar refractivity (Wildman–Crippen MR) is 140 cm³/mol. The van der Waals surface area contributed by atoms with Crippen molar-refractivity contribution in [3.05, 3.63) is 101 Å². The van der Waals surface area contributed by atoms with Gasteiger partial charge in [-0.1, -0.05) is 60.7 Å². The molecule has 0 radical (unpaired) electrons. The highest BCUT2D eigenvalue weighted by Crippen LogP contribution is 2.28. The summed E-state index contributed by atoms with van der Waals surface area (Å²) in [5, 5.41) is 18.1. The third-order valence-electron chi connectivity index (χ3n) is 5.56. The Morgan fingerprint density at radius 2 is 1.56 bits per heavy atom. The largest absolute Gasteiger partial charge is 0.338 e. The Balaban J connectivity index is 1.43. The highest BCUT2D eigenvalue weighted by molar-refractivity contribution is 7.20. The first-order chi connectivity index (χ1) is 17.5. The van der Waals surface area contributed by atoms with Crippen molar-refractivity contribution in [3.63, 3.8) is 0 Å². The maximum atomic E-state index is 13.2. The van der Waals surface area contributed by atoms with Gasteiger partial charge in [0, 0.05) is 23.4 Å². The summed E-state index contributed by atoms with van der Waals surface area (Å²) in [5.41, 5.74) is 4.18. The van der Waals surface area contributed by atoms with Gasteiger partial charge in [0.05, 0.1) is 4.88 Å². The number of urea groups is 1. The van der Waals surface area contributed by atoms with E-state index in [0.29, 0.717) is 30.0 Å². The normalized spacial score (nSPS) is 11.5. The van der Waals surface area contributed by atoms with E-state index >= 15 is 0 Å². The molecule has 0 aliphatic rings. The van der Waals surface area contributed by atoms with Gasteiger partial charge >= 0.3 is 6.03 Å². The molecular weight excluding hydrogens is 476 g/mol. The van der Waals surface area contributed by atoms with Crippen LogP contribution in [0.1, 0.15) is 20.8 Å². The minimum absolute atomic E-state index is 0.320. The summed E-state index contributed by atoms with van der Waals surface area (Å²) in [6, 6.07) is 25.0. The number of thiophene rings is 1. The molecule has 0 aliphatic carbocycles. The quantitative estimate of drug-likeness (QED) is 0.175. The van der Waals surface area contributed by atoms with E-state index in [2.05, 4.69) is 16.0 Å². The van der Waals surface area contributed by atoms with Crippen LogP contribution in [0.4, 0.5) is 10.5 Å². The molecule has 0 spiro atoms. The lowest BCUT2D eigenvalue weighted by molar-refractivity contribution is -0.117. The summed E-state index contributed by atoms with van der Waals surface area (Å²) in [7, 11) is 0. The maximum absolute atomic E-state index is 13.2. The first kappa shape index (κ1) is 24.9. The number of carbonyl (C=O) groups is 3. The Morgan fingerprint density at radius 3 is 2.25 bits per heavy atom. The Bertz CT molecular complexity index is 1340. The van der Waals surface area contributed by atoms with E-state index in [1.54, 1.807) is 29.7 Å². The molecule has 1 unspecified atom stereocenters. The predicted octanol–water partition coefficient (Wildman–Crippen LogP) is 4.11. The number of fused-ring (bicyclic) bond motifs is 1. The average molecular weight is 503 g/mol. The summed E-state index contributed by atoms with van der Waals surface area (Å²) in [5.74, 6) is -0.952. The Kier molecular flexibility index (Phi) is 8.28. The molecule has 0 saturated carbocycles. The molecule has 1 aromatic heterocycles. The number of carbonyl (C=O) groups excluding carboxylic acids is 3. The number of hydrogen-bond donors (Lipinski definition) is 5. The first-order valence-electron chi connectivity index (χ1n) is 11.4. The molecule has 1 atom stereocenters. The van der Waals surface area contributed by atoms with Crippen molar-refractivity contribution in [1.82, 2.24) is 16.1 Å². The van der Waals surface area contributed by atoms with Crippen molar-refractivity contribution in [3.8, 4) is 0 Å². The molecule has 0 bridgehead atoms. The number of anilines is 1. The zero-order chi connectivity index (χ0) is 25.3. The van der Waals surface area contributed by atoms with Crippen LogP contribution in [0.15, 0.2) is 84.9 Å². The lowest BCUT2D eigenvalue weighted by atomic mass is 10.1. The molecule has 184 valence electrons. The molecule has 8 nitrogen and oxygen atoms in total. The molecule has 5 N–H and O–H groups in total. The van der Waals surface area contributed by atoms with E-state index in [-0.39, 0.29) is 5.91 Å². The molecule has 1 heterocycles.